The molecular formula is C26H27N7O4. The zero-order chi connectivity index (χ0) is 26.1. The number of aryl methyl sites for hydroxylation is 1. The number of aromatic nitrogens is 5. The van der Waals surface area contributed by atoms with E-state index in [1.807, 2.05) is 32.0 Å². The summed E-state index contributed by atoms with van der Waals surface area (Å²) in [5.41, 5.74) is 1.77. The van der Waals surface area contributed by atoms with Gasteiger partial charge in [0.1, 0.15) is 11.4 Å². The van der Waals surface area contributed by atoms with Gasteiger partial charge in [-0.1, -0.05) is 25.1 Å². The van der Waals surface area contributed by atoms with Gasteiger partial charge >= 0.3 is 0 Å². The summed E-state index contributed by atoms with van der Waals surface area (Å²) in [6, 6.07) is 8.78. The molecular weight excluding hydrogens is 474 g/mol. The average molecular weight is 502 g/mol. The summed E-state index contributed by atoms with van der Waals surface area (Å²) in [6.07, 6.45) is 3.65. The summed E-state index contributed by atoms with van der Waals surface area (Å²) in [4.78, 5) is 54.8. The van der Waals surface area contributed by atoms with Crippen LogP contribution in [0.1, 0.15) is 40.4 Å². The molecule has 1 atom stereocenters. The third-order valence-corrected chi connectivity index (χ3v) is 6.60. The van der Waals surface area contributed by atoms with Crippen LogP contribution in [0.4, 0.5) is 0 Å². The van der Waals surface area contributed by atoms with E-state index in [0.717, 1.165) is 0 Å². The molecule has 37 heavy (non-hydrogen) atoms. The number of benzene rings is 1. The lowest BCUT2D eigenvalue weighted by Crippen LogP contribution is -2.56. The molecule has 1 aromatic carbocycles. The van der Waals surface area contributed by atoms with E-state index < -0.39 is 11.7 Å². The molecule has 5 rings (SSSR count). The molecule has 2 amide bonds. The lowest BCUT2D eigenvalue weighted by atomic mass is 10.1. The smallest absolute Gasteiger partial charge is 0.295 e. The quantitative estimate of drug-likeness (QED) is 0.306. The molecule has 0 saturated carbocycles. The number of H-pyrrole nitrogens is 2. The minimum absolute atomic E-state index is 0.0911. The van der Waals surface area contributed by atoms with Gasteiger partial charge in [-0.05, 0) is 19.1 Å². The van der Waals surface area contributed by atoms with Crippen LogP contribution < -0.4 is 4.74 Å². The number of rotatable bonds is 6. The first-order valence-electron chi connectivity index (χ1n) is 12.1. The highest BCUT2D eigenvalue weighted by Crippen LogP contribution is 2.34. The number of ether oxygens (including phenoxy) is 1. The van der Waals surface area contributed by atoms with E-state index in [1.54, 1.807) is 17.0 Å². The molecule has 0 spiro atoms. The van der Waals surface area contributed by atoms with E-state index in [1.165, 1.54) is 24.4 Å². The van der Waals surface area contributed by atoms with Gasteiger partial charge < -0.3 is 19.5 Å². The fraction of sp³-hybridized carbons (Fsp3) is 0.308. The molecule has 1 unspecified atom stereocenters. The molecule has 3 aromatic heterocycles. The van der Waals surface area contributed by atoms with Crippen molar-refractivity contribution in [3.8, 4) is 17.3 Å². The summed E-state index contributed by atoms with van der Waals surface area (Å²) in [6.45, 7) is 4.67. The number of aromatic amines is 2. The molecule has 4 heterocycles. The van der Waals surface area contributed by atoms with Crippen LogP contribution in [-0.2, 0) is 11.2 Å². The first-order valence-corrected chi connectivity index (χ1v) is 12.1. The monoisotopic (exact) mass is 501 g/mol. The standard InChI is InChI=1S/C26H27N7O4/c1-4-19-29-24(31-30-19)22-21-20(18(37-3)13-28-22)17(12-27-21)23(34)26(36)32-10-11-33(15(2)14-32)25(35)16-8-6-5-7-9-16/h5-9,12-13,15,27H,4,10-11,14H2,1-3H3,(H,29,30,31). The van der Waals surface area contributed by atoms with Gasteiger partial charge in [0, 0.05) is 43.9 Å². The lowest BCUT2D eigenvalue weighted by Gasteiger charge is -2.39. The van der Waals surface area contributed by atoms with Crippen molar-refractivity contribution in [2.75, 3.05) is 26.7 Å². The molecule has 0 radical (unpaired) electrons. The number of carbonyl (C=O) groups excluding carboxylic acids is 3. The van der Waals surface area contributed by atoms with Gasteiger partial charge in [-0.3, -0.25) is 19.5 Å². The molecule has 4 aromatic rings. The predicted molar refractivity (Wildman–Crippen MR) is 135 cm³/mol. The summed E-state index contributed by atoms with van der Waals surface area (Å²) in [7, 11) is 1.48. The van der Waals surface area contributed by atoms with E-state index in [4.69, 9.17) is 4.74 Å². The number of hydrogen-bond acceptors (Lipinski definition) is 7. The van der Waals surface area contributed by atoms with E-state index in [2.05, 4.69) is 25.1 Å². The van der Waals surface area contributed by atoms with E-state index in [-0.39, 0.29) is 30.6 Å². The Bertz CT molecular complexity index is 1480. The van der Waals surface area contributed by atoms with Crippen molar-refractivity contribution in [1.82, 2.24) is 34.9 Å². The van der Waals surface area contributed by atoms with Crippen LogP contribution in [0.5, 0.6) is 5.75 Å². The van der Waals surface area contributed by atoms with E-state index in [0.29, 0.717) is 52.5 Å². The van der Waals surface area contributed by atoms with Gasteiger partial charge in [0.25, 0.3) is 17.6 Å². The Morgan fingerprint density at radius 2 is 1.95 bits per heavy atom. The highest BCUT2D eigenvalue weighted by Gasteiger charge is 2.34. The Labute approximate surface area is 212 Å². The molecule has 0 aliphatic carbocycles. The van der Waals surface area contributed by atoms with Gasteiger partial charge in [-0.15, -0.1) is 0 Å². The zero-order valence-corrected chi connectivity index (χ0v) is 20.8. The van der Waals surface area contributed by atoms with Crippen LogP contribution in [-0.4, -0.2) is 85.3 Å². The van der Waals surface area contributed by atoms with Crippen molar-refractivity contribution in [1.29, 1.82) is 0 Å². The molecule has 0 bridgehead atoms. The van der Waals surface area contributed by atoms with Crippen molar-refractivity contribution in [3.05, 3.63) is 59.7 Å². The Kier molecular flexibility index (Phi) is 6.43. The van der Waals surface area contributed by atoms with Crippen molar-refractivity contribution in [2.45, 2.75) is 26.3 Å². The van der Waals surface area contributed by atoms with Crippen LogP contribution >= 0.6 is 0 Å². The minimum atomic E-state index is -0.663. The second kappa shape index (κ2) is 9.84. The maximum Gasteiger partial charge on any atom is 0.295 e. The van der Waals surface area contributed by atoms with Crippen LogP contribution in [0.3, 0.4) is 0 Å². The van der Waals surface area contributed by atoms with Crippen LogP contribution in [0, 0.1) is 0 Å². The number of piperazine rings is 1. The fourth-order valence-corrected chi connectivity index (χ4v) is 4.64. The van der Waals surface area contributed by atoms with Crippen molar-refractivity contribution < 1.29 is 19.1 Å². The number of Topliss-reactive ketones (excluding diaryl/α,β-unsaturated/α-hetero) is 1. The molecule has 11 nitrogen and oxygen atoms in total. The van der Waals surface area contributed by atoms with Gasteiger partial charge in [-0.2, -0.15) is 5.10 Å². The average Bonchev–Trinajstić information content (AvgIpc) is 3.60. The Morgan fingerprint density at radius 3 is 2.62 bits per heavy atom. The van der Waals surface area contributed by atoms with Gasteiger partial charge in [-0.25, -0.2) is 9.97 Å². The van der Waals surface area contributed by atoms with Crippen LogP contribution in [0.15, 0.2) is 42.7 Å². The molecule has 1 saturated heterocycles. The van der Waals surface area contributed by atoms with Crippen molar-refractivity contribution >= 4 is 28.5 Å². The number of ketones is 1. The second-order valence-corrected chi connectivity index (χ2v) is 8.88. The summed E-state index contributed by atoms with van der Waals surface area (Å²) < 4.78 is 5.47. The van der Waals surface area contributed by atoms with Gasteiger partial charge in [0.15, 0.2) is 11.6 Å². The number of hydrogen-bond donors (Lipinski definition) is 2. The highest BCUT2D eigenvalue weighted by atomic mass is 16.5. The van der Waals surface area contributed by atoms with Crippen molar-refractivity contribution in [2.24, 2.45) is 0 Å². The Balaban J connectivity index is 1.39. The van der Waals surface area contributed by atoms with E-state index in [9.17, 15) is 14.4 Å². The lowest BCUT2D eigenvalue weighted by molar-refractivity contribution is -0.128. The Morgan fingerprint density at radius 1 is 1.16 bits per heavy atom. The van der Waals surface area contributed by atoms with Gasteiger partial charge in [0.05, 0.1) is 29.8 Å². The topological polar surface area (TPSA) is 137 Å². The highest BCUT2D eigenvalue weighted by molar-refractivity contribution is 6.45. The zero-order valence-electron chi connectivity index (χ0n) is 20.8. The van der Waals surface area contributed by atoms with Crippen molar-refractivity contribution in [3.63, 3.8) is 0 Å². The van der Waals surface area contributed by atoms with E-state index >= 15 is 0 Å². The molecule has 1 aliphatic heterocycles. The first kappa shape index (κ1) is 24.2. The number of fused-ring (bicyclic) bond motifs is 1. The number of nitrogens with one attached hydrogen (secondary N) is 2. The molecule has 1 fully saturated rings. The number of methoxy groups -OCH3 is 1. The number of pyridine rings is 1. The summed E-state index contributed by atoms with van der Waals surface area (Å²) in [5, 5.41) is 7.48. The number of amides is 2. The van der Waals surface area contributed by atoms with Gasteiger partial charge in [0.2, 0.25) is 0 Å². The maximum atomic E-state index is 13.4. The molecule has 11 heteroatoms. The van der Waals surface area contributed by atoms with Crippen LogP contribution in [0.25, 0.3) is 22.4 Å². The maximum absolute atomic E-state index is 13.4. The minimum Gasteiger partial charge on any atom is -0.494 e. The number of carbonyl (C=O) groups is 3. The molecule has 190 valence electrons. The summed E-state index contributed by atoms with van der Waals surface area (Å²) >= 11 is 0. The second-order valence-electron chi connectivity index (χ2n) is 8.88. The SMILES string of the molecule is CCc1n[nH]c(-c2ncc(OC)c3c(C(=O)C(=O)N4CCN(C(=O)c5ccccc5)C(C)C4)c[nH]c23)n1. The Hall–Kier alpha value is -4.54. The van der Waals surface area contributed by atoms with Crippen LogP contribution in [0.2, 0.25) is 0 Å². The third-order valence-electron chi connectivity index (χ3n) is 6.60. The largest absolute Gasteiger partial charge is 0.494 e. The predicted octanol–water partition coefficient (Wildman–Crippen LogP) is 2.47. The first-order chi connectivity index (χ1) is 17.9. The third kappa shape index (κ3) is 4.32. The summed E-state index contributed by atoms with van der Waals surface area (Å²) in [5.74, 6) is 0.0589. The normalized spacial score (nSPS) is 15.7. The molecule has 2 N–H and O–H groups in total. The number of nitrogens with zero attached hydrogens (tertiary/aromatic N) is 5. The molecule has 1 aliphatic rings. The fourth-order valence-electron chi connectivity index (χ4n) is 4.64.